The Morgan fingerprint density at radius 3 is 3.38 bits per heavy atom. The summed E-state index contributed by atoms with van der Waals surface area (Å²) in [6, 6.07) is 0. The van der Waals surface area contributed by atoms with Gasteiger partial charge in [-0.3, -0.25) is 10.2 Å². The highest BCUT2D eigenvalue weighted by Gasteiger charge is 1.96. The van der Waals surface area contributed by atoms with E-state index in [-0.39, 0.29) is 5.91 Å². The van der Waals surface area contributed by atoms with Crippen molar-refractivity contribution in [3.8, 4) is 0 Å². The van der Waals surface area contributed by atoms with Crippen LogP contribution in [0.25, 0.3) is 0 Å². The van der Waals surface area contributed by atoms with Crippen LogP contribution in [-0.4, -0.2) is 5.91 Å². The SMILES string of the molecule is O=C1CC=CNNN1. The zero-order valence-electron chi connectivity index (χ0n) is 4.27. The molecule has 1 aliphatic rings. The maximum atomic E-state index is 10.4. The molecule has 3 N–H and O–H groups in total. The van der Waals surface area contributed by atoms with Gasteiger partial charge in [-0.05, 0) is 0 Å². The Kier molecular flexibility index (Phi) is 1.48. The molecule has 0 aliphatic carbocycles. The van der Waals surface area contributed by atoms with E-state index >= 15 is 0 Å². The average Bonchev–Trinajstić information content (AvgIpc) is 1.94. The Bertz CT molecular complexity index is 120. The van der Waals surface area contributed by atoms with Crippen LogP contribution in [0.3, 0.4) is 0 Å². The maximum absolute atomic E-state index is 10.4. The molecule has 0 atom stereocenters. The van der Waals surface area contributed by atoms with Crippen molar-refractivity contribution in [2.45, 2.75) is 6.42 Å². The molecule has 0 saturated carbocycles. The first-order valence-corrected chi connectivity index (χ1v) is 2.34. The summed E-state index contributed by atoms with van der Waals surface area (Å²) in [5, 5.41) is 0. The molecule has 1 heterocycles. The molecule has 0 unspecified atom stereocenters. The van der Waals surface area contributed by atoms with Gasteiger partial charge in [-0.2, -0.15) is 0 Å². The number of carbonyl (C=O) groups excluding carboxylic acids is 1. The minimum absolute atomic E-state index is 0.0359. The number of hydrogen-bond acceptors (Lipinski definition) is 3. The largest absolute Gasteiger partial charge is 0.312 e. The van der Waals surface area contributed by atoms with Gasteiger partial charge in [-0.1, -0.05) is 6.08 Å². The third kappa shape index (κ3) is 1.23. The Labute approximate surface area is 46.9 Å². The molecule has 44 valence electrons. The fraction of sp³-hybridized carbons (Fsp3) is 0.250. The Morgan fingerprint density at radius 1 is 1.62 bits per heavy atom. The van der Waals surface area contributed by atoms with Crippen LogP contribution in [0.4, 0.5) is 0 Å². The van der Waals surface area contributed by atoms with Crippen LogP contribution in [0.15, 0.2) is 12.3 Å². The minimum Gasteiger partial charge on any atom is -0.312 e. The first-order chi connectivity index (χ1) is 3.89. The number of amides is 1. The van der Waals surface area contributed by atoms with E-state index < -0.39 is 0 Å². The highest BCUT2D eigenvalue weighted by Crippen LogP contribution is 1.80. The van der Waals surface area contributed by atoms with Crippen molar-refractivity contribution < 1.29 is 4.79 Å². The monoisotopic (exact) mass is 113 g/mol. The van der Waals surface area contributed by atoms with Crippen molar-refractivity contribution in [3.05, 3.63) is 12.3 Å². The third-order valence-corrected chi connectivity index (χ3v) is 0.779. The molecule has 1 aliphatic heterocycles. The summed E-state index contributed by atoms with van der Waals surface area (Å²) >= 11 is 0. The van der Waals surface area contributed by atoms with E-state index in [0.29, 0.717) is 6.42 Å². The van der Waals surface area contributed by atoms with Gasteiger partial charge in [0.05, 0.1) is 0 Å². The standard InChI is InChI=1S/C4H7N3O/c8-4-2-1-3-5-7-6-4/h1,3,5,7H,2H2,(H,6,8). The van der Waals surface area contributed by atoms with E-state index in [2.05, 4.69) is 16.4 Å². The van der Waals surface area contributed by atoms with Gasteiger partial charge in [-0.15, -0.1) is 5.53 Å². The highest BCUT2D eigenvalue weighted by molar-refractivity contribution is 5.77. The van der Waals surface area contributed by atoms with Crippen LogP contribution >= 0.6 is 0 Å². The highest BCUT2D eigenvalue weighted by atomic mass is 16.2. The van der Waals surface area contributed by atoms with Gasteiger partial charge in [0, 0.05) is 12.6 Å². The summed E-state index contributed by atoms with van der Waals surface area (Å²) in [4.78, 5) is 10.4. The van der Waals surface area contributed by atoms with E-state index in [0.717, 1.165) is 0 Å². The lowest BCUT2D eigenvalue weighted by Crippen LogP contribution is -2.42. The Hall–Kier alpha value is -1.03. The Morgan fingerprint density at radius 2 is 2.50 bits per heavy atom. The topological polar surface area (TPSA) is 53.2 Å². The van der Waals surface area contributed by atoms with Gasteiger partial charge in [0.15, 0.2) is 0 Å². The molecule has 1 rings (SSSR count). The fourth-order valence-corrected chi connectivity index (χ4v) is 0.423. The second-order valence-corrected chi connectivity index (χ2v) is 1.42. The molecule has 0 aromatic heterocycles. The molecule has 0 spiro atoms. The van der Waals surface area contributed by atoms with Gasteiger partial charge < -0.3 is 5.43 Å². The molecule has 0 saturated heterocycles. The lowest BCUT2D eigenvalue weighted by molar-refractivity contribution is -0.121. The van der Waals surface area contributed by atoms with E-state index in [4.69, 9.17) is 0 Å². The summed E-state index contributed by atoms with van der Waals surface area (Å²) in [7, 11) is 0. The summed E-state index contributed by atoms with van der Waals surface area (Å²) in [5.74, 6) is -0.0359. The van der Waals surface area contributed by atoms with Crippen molar-refractivity contribution in [1.82, 2.24) is 16.4 Å². The lowest BCUT2D eigenvalue weighted by atomic mass is 10.4. The smallest absolute Gasteiger partial charge is 0.239 e. The number of nitrogens with one attached hydrogen (secondary N) is 3. The van der Waals surface area contributed by atoms with E-state index in [1.807, 2.05) is 0 Å². The molecular weight excluding hydrogens is 106 g/mol. The number of rotatable bonds is 0. The van der Waals surface area contributed by atoms with Crippen molar-refractivity contribution >= 4 is 5.91 Å². The van der Waals surface area contributed by atoms with Crippen LogP contribution in [0.1, 0.15) is 6.42 Å². The summed E-state index contributed by atoms with van der Waals surface area (Å²) in [6.07, 6.45) is 3.83. The van der Waals surface area contributed by atoms with Crippen molar-refractivity contribution in [1.29, 1.82) is 0 Å². The second-order valence-electron chi connectivity index (χ2n) is 1.42. The molecular formula is C4H7N3O. The molecule has 8 heavy (non-hydrogen) atoms. The van der Waals surface area contributed by atoms with Crippen LogP contribution in [0.2, 0.25) is 0 Å². The van der Waals surface area contributed by atoms with E-state index in [9.17, 15) is 4.79 Å². The zero-order chi connectivity index (χ0) is 5.82. The normalized spacial score (nSPS) is 18.8. The predicted molar refractivity (Wildman–Crippen MR) is 28.2 cm³/mol. The summed E-state index contributed by atoms with van der Waals surface area (Å²) in [6.45, 7) is 0. The number of hydrogen-bond donors (Lipinski definition) is 3. The third-order valence-electron chi connectivity index (χ3n) is 0.779. The van der Waals surface area contributed by atoms with Crippen LogP contribution < -0.4 is 16.4 Å². The van der Waals surface area contributed by atoms with Gasteiger partial charge in [0.2, 0.25) is 5.91 Å². The molecule has 4 nitrogen and oxygen atoms in total. The van der Waals surface area contributed by atoms with E-state index in [1.54, 1.807) is 12.3 Å². The quantitative estimate of drug-likeness (QED) is 0.379. The van der Waals surface area contributed by atoms with Crippen LogP contribution in [-0.2, 0) is 4.79 Å². The van der Waals surface area contributed by atoms with Crippen LogP contribution in [0, 0.1) is 0 Å². The molecule has 0 fully saturated rings. The van der Waals surface area contributed by atoms with E-state index in [1.165, 1.54) is 0 Å². The number of carbonyl (C=O) groups is 1. The molecule has 1 amide bonds. The first kappa shape index (κ1) is 5.11. The van der Waals surface area contributed by atoms with Gasteiger partial charge in [-0.25, -0.2) is 0 Å². The number of hydrazine groups is 2. The fourth-order valence-electron chi connectivity index (χ4n) is 0.423. The molecule has 0 bridgehead atoms. The van der Waals surface area contributed by atoms with Crippen molar-refractivity contribution in [2.24, 2.45) is 0 Å². The predicted octanol–water partition coefficient (Wildman–Crippen LogP) is -0.971. The lowest BCUT2D eigenvalue weighted by Gasteiger charge is -1.98. The molecule has 0 radical (unpaired) electrons. The average molecular weight is 113 g/mol. The minimum atomic E-state index is -0.0359. The Balaban J connectivity index is 2.41. The van der Waals surface area contributed by atoms with Crippen LogP contribution in [0.5, 0.6) is 0 Å². The maximum Gasteiger partial charge on any atom is 0.239 e. The van der Waals surface area contributed by atoms with Crippen molar-refractivity contribution in [3.63, 3.8) is 0 Å². The summed E-state index contributed by atoms with van der Waals surface area (Å²) < 4.78 is 0. The van der Waals surface area contributed by atoms with Crippen molar-refractivity contribution in [2.75, 3.05) is 0 Å². The molecule has 0 aromatic rings. The second kappa shape index (κ2) is 2.32. The molecule has 4 heteroatoms. The van der Waals surface area contributed by atoms with Gasteiger partial charge in [0.25, 0.3) is 0 Å². The zero-order valence-corrected chi connectivity index (χ0v) is 4.27. The van der Waals surface area contributed by atoms with Gasteiger partial charge in [0.1, 0.15) is 0 Å². The summed E-state index contributed by atoms with van der Waals surface area (Å²) in [5.41, 5.74) is 7.46. The van der Waals surface area contributed by atoms with Gasteiger partial charge >= 0.3 is 0 Å². The first-order valence-electron chi connectivity index (χ1n) is 2.34. The molecule has 0 aromatic carbocycles.